The maximum Gasteiger partial charge on any atom is 0.0441 e. The Balaban J connectivity index is 2.19. The second-order valence-corrected chi connectivity index (χ2v) is 6.10. The van der Waals surface area contributed by atoms with Crippen molar-refractivity contribution in [3.05, 3.63) is 28.2 Å². The molecule has 1 aliphatic heterocycles. The number of rotatable bonds is 2. The third-order valence-electron chi connectivity index (χ3n) is 3.45. The number of nitrogens with zero attached hydrogens (tertiary/aromatic N) is 1. The van der Waals surface area contributed by atoms with Gasteiger partial charge in [-0.3, -0.25) is 0 Å². The molecule has 18 heavy (non-hydrogen) atoms. The fourth-order valence-electron chi connectivity index (χ4n) is 2.35. The summed E-state index contributed by atoms with van der Waals surface area (Å²) in [5, 5.41) is 5.01. The van der Waals surface area contributed by atoms with Gasteiger partial charge in [0.25, 0.3) is 0 Å². The van der Waals surface area contributed by atoms with Crippen molar-refractivity contribution < 1.29 is 0 Å². The largest absolute Gasteiger partial charge is 0.370 e. The molecule has 100 valence electrons. The Morgan fingerprint density at radius 3 is 2.50 bits per heavy atom. The van der Waals surface area contributed by atoms with E-state index < -0.39 is 0 Å². The molecule has 1 fully saturated rings. The van der Waals surface area contributed by atoms with Gasteiger partial charge in [0.2, 0.25) is 0 Å². The summed E-state index contributed by atoms with van der Waals surface area (Å²) in [4.78, 5) is 2.38. The minimum atomic E-state index is 0.519. The molecule has 0 aromatic heterocycles. The fraction of sp³-hybridized carbons (Fsp3) is 0.571. The Hall–Kier alpha value is -0.440. The van der Waals surface area contributed by atoms with Gasteiger partial charge < -0.3 is 10.2 Å². The van der Waals surface area contributed by atoms with E-state index in [1.807, 2.05) is 12.1 Å². The van der Waals surface area contributed by atoms with E-state index in [2.05, 4.69) is 24.1 Å². The molecule has 1 aromatic rings. The number of nitrogens with one attached hydrogen (secondary N) is 1. The van der Waals surface area contributed by atoms with E-state index in [4.69, 9.17) is 23.2 Å². The summed E-state index contributed by atoms with van der Waals surface area (Å²) in [7, 11) is 0. The van der Waals surface area contributed by atoms with Crippen molar-refractivity contribution in [1.82, 2.24) is 5.32 Å². The Kier molecular flexibility index (Phi) is 4.77. The highest BCUT2D eigenvalue weighted by Gasteiger charge is 2.20. The number of anilines is 1. The fourth-order valence-corrected chi connectivity index (χ4v) is 2.87. The summed E-state index contributed by atoms with van der Waals surface area (Å²) in [6, 6.07) is 6.29. The van der Waals surface area contributed by atoms with Gasteiger partial charge in [-0.05, 0) is 37.1 Å². The highest BCUT2D eigenvalue weighted by Crippen LogP contribution is 2.26. The summed E-state index contributed by atoms with van der Waals surface area (Å²) in [6.07, 6.45) is 1.15. The van der Waals surface area contributed by atoms with Crippen LogP contribution in [0.3, 0.4) is 0 Å². The predicted molar refractivity (Wildman–Crippen MR) is 79.9 cm³/mol. The van der Waals surface area contributed by atoms with Crippen molar-refractivity contribution >= 4 is 28.9 Å². The molecule has 2 nitrogen and oxygen atoms in total. The van der Waals surface area contributed by atoms with Gasteiger partial charge in [-0.2, -0.15) is 0 Å². The van der Waals surface area contributed by atoms with Gasteiger partial charge in [0.05, 0.1) is 0 Å². The first-order valence-electron chi connectivity index (χ1n) is 6.50. The van der Waals surface area contributed by atoms with Crippen LogP contribution in [0.4, 0.5) is 5.69 Å². The normalized spacial score (nSPS) is 21.2. The summed E-state index contributed by atoms with van der Waals surface area (Å²) in [5.41, 5.74) is 1.13. The number of benzene rings is 1. The molecule has 0 aliphatic carbocycles. The van der Waals surface area contributed by atoms with E-state index in [9.17, 15) is 0 Å². The Morgan fingerprint density at radius 1 is 1.22 bits per heavy atom. The summed E-state index contributed by atoms with van der Waals surface area (Å²) in [5.74, 6) is 0.625. The van der Waals surface area contributed by atoms with E-state index in [-0.39, 0.29) is 0 Å². The third kappa shape index (κ3) is 3.53. The Labute approximate surface area is 119 Å². The van der Waals surface area contributed by atoms with Crippen molar-refractivity contribution in [3.63, 3.8) is 0 Å². The van der Waals surface area contributed by atoms with Gasteiger partial charge in [-0.1, -0.05) is 37.0 Å². The van der Waals surface area contributed by atoms with Crippen LogP contribution in [0.5, 0.6) is 0 Å². The van der Waals surface area contributed by atoms with Gasteiger partial charge >= 0.3 is 0 Å². The minimum absolute atomic E-state index is 0.519. The van der Waals surface area contributed by atoms with Gasteiger partial charge in [-0.15, -0.1) is 0 Å². The zero-order chi connectivity index (χ0) is 13.1. The van der Waals surface area contributed by atoms with E-state index in [0.29, 0.717) is 22.0 Å². The van der Waals surface area contributed by atoms with Gasteiger partial charge in [0.15, 0.2) is 0 Å². The number of hydrogen-bond donors (Lipinski definition) is 1. The van der Waals surface area contributed by atoms with Crippen molar-refractivity contribution in [2.75, 3.05) is 24.5 Å². The molecule has 4 heteroatoms. The maximum atomic E-state index is 6.08. The highest BCUT2D eigenvalue weighted by atomic mass is 35.5. The topological polar surface area (TPSA) is 15.3 Å². The summed E-state index contributed by atoms with van der Waals surface area (Å²) >= 11 is 12.2. The van der Waals surface area contributed by atoms with Crippen molar-refractivity contribution in [2.24, 2.45) is 5.92 Å². The van der Waals surface area contributed by atoms with Crippen molar-refractivity contribution in [2.45, 2.75) is 26.3 Å². The molecule has 1 N–H and O–H groups in total. The number of halogens is 2. The first kappa shape index (κ1) is 14.0. The molecule has 1 aliphatic rings. The molecule has 0 bridgehead atoms. The molecule has 0 saturated carbocycles. The third-order valence-corrected chi connectivity index (χ3v) is 3.88. The van der Waals surface area contributed by atoms with Crippen LogP contribution in [0.1, 0.15) is 20.3 Å². The molecular weight excluding hydrogens is 267 g/mol. The Morgan fingerprint density at radius 2 is 1.89 bits per heavy atom. The second kappa shape index (κ2) is 6.14. The van der Waals surface area contributed by atoms with Gasteiger partial charge in [-0.25, -0.2) is 0 Å². The first-order chi connectivity index (χ1) is 8.56. The lowest BCUT2D eigenvalue weighted by Gasteiger charge is -2.28. The lowest BCUT2D eigenvalue weighted by atomic mass is 10.0. The van der Waals surface area contributed by atoms with Crippen LogP contribution >= 0.6 is 23.2 Å². The SMILES string of the molecule is CC(C)C1CN(c2cc(Cl)cc(Cl)c2)CCCN1. The molecule has 1 atom stereocenters. The molecule has 0 radical (unpaired) electrons. The van der Waals surface area contributed by atoms with Crippen molar-refractivity contribution in [1.29, 1.82) is 0 Å². The van der Waals surface area contributed by atoms with Gasteiger partial charge in [0, 0.05) is 34.9 Å². The molecule has 0 amide bonds. The molecule has 1 unspecified atom stereocenters. The molecule has 0 spiro atoms. The average molecular weight is 287 g/mol. The van der Waals surface area contributed by atoms with Crippen LogP contribution in [-0.2, 0) is 0 Å². The second-order valence-electron chi connectivity index (χ2n) is 5.23. The van der Waals surface area contributed by atoms with Crippen LogP contribution in [-0.4, -0.2) is 25.7 Å². The summed E-state index contributed by atoms with van der Waals surface area (Å²) < 4.78 is 0. The number of hydrogen-bond acceptors (Lipinski definition) is 2. The zero-order valence-electron chi connectivity index (χ0n) is 10.9. The highest BCUT2D eigenvalue weighted by molar-refractivity contribution is 6.35. The lowest BCUT2D eigenvalue weighted by molar-refractivity contribution is 0.420. The first-order valence-corrected chi connectivity index (χ1v) is 7.26. The average Bonchev–Trinajstić information content (AvgIpc) is 2.53. The molecule has 1 aromatic carbocycles. The van der Waals surface area contributed by atoms with E-state index >= 15 is 0 Å². The molecule has 2 rings (SSSR count). The van der Waals surface area contributed by atoms with E-state index in [1.54, 1.807) is 6.07 Å². The van der Waals surface area contributed by atoms with Crippen LogP contribution in [0.15, 0.2) is 18.2 Å². The van der Waals surface area contributed by atoms with Crippen molar-refractivity contribution in [3.8, 4) is 0 Å². The van der Waals surface area contributed by atoms with Crippen LogP contribution in [0, 0.1) is 5.92 Å². The van der Waals surface area contributed by atoms with Crippen LogP contribution in [0.2, 0.25) is 10.0 Å². The smallest absolute Gasteiger partial charge is 0.0441 e. The van der Waals surface area contributed by atoms with Gasteiger partial charge in [0.1, 0.15) is 0 Å². The predicted octanol–water partition coefficient (Wildman–Crippen LogP) is 3.82. The standard InChI is InChI=1S/C14H20Cl2N2/c1-10(2)14-9-18(5-3-4-17-14)13-7-11(15)6-12(16)8-13/h6-8,10,14,17H,3-5,9H2,1-2H3. The molecule has 1 heterocycles. The zero-order valence-corrected chi connectivity index (χ0v) is 12.4. The van der Waals surface area contributed by atoms with Crippen LogP contribution < -0.4 is 10.2 Å². The minimum Gasteiger partial charge on any atom is -0.370 e. The maximum absolute atomic E-state index is 6.08. The monoisotopic (exact) mass is 286 g/mol. The van der Waals surface area contributed by atoms with E-state index in [0.717, 1.165) is 31.7 Å². The van der Waals surface area contributed by atoms with E-state index in [1.165, 1.54) is 0 Å². The van der Waals surface area contributed by atoms with Crippen LogP contribution in [0.25, 0.3) is 0 Å². The molecular formula is C14H20Cl2N2. The lowest BCUT2D eigenvalue weighted by Crippen LogP contribution is -2.41. The summed E-state index contributed by atoms with van der Waals surface area (Å²) in [6.45, 7) is 7.65. The quantitative estimate of drug-likeness (QED) is 0.889. The molecule has 1 saturated heterocycles. The Bertz CT molecular complexity index is 387.